The van der Waals surface area contributed by atoms with E-state index in [1.165, 1.54) is 0 Å². The molecule has 1 heterocycles. The van der Waals surface area contributed by atoms with Crippen molar-refractivity contribution in [3.05, 3.63) is 54.1 Å². The van der Waals surface area contributed by atoms with Gasteiger partial charge in [0, 0.05) is 25.2 Å². The normalized spacial score (nSPS) is 15.2. The van der Waals surface area contributed by atoms with Gasteiger partial charge in [0.15, 0.2) is 0 Å². The molecule has 0 unspecified atom stereocenters. The van der Waals surface area contributed by atoms with E-state index in [4.69, 9.17) is 9.47 Å². The maximum atomic E-state index is 10.7. The molecule has 24 heavy (non-hydrogen) atoms. The molecule has 0 saturated carbocycles. The number of hydrogen-bond donors (Lipinski definition) is 0. The van der Waals surface area contributed by atoms with E-state index in [2.05, 4.69) is 4.90 Å². The molecule has 1 fully saturated rings. The molecule has 126 valence electrons. The quantitative estimate of drug-likeness (QED) is 0.578. The fourth-order valence-electron chi connectivity index (χ4n) is 2.80. The number of nitrogens with zero attached hydrogens (tertiary/aromatic N) is 1. The minimum Gasteiger partial charge on any atom is -0.494 e. The number of carbonyl (C=O) groups is 1. The Morgan fingerprint density at radius 2 is 1.58 bits per heavy atom. The third-order valence-electron chi connectivity index (χ3n) is 4.23. The van der Waals surface area contributed by atoms with Crippen LogP contribution in [0.1, 0.15) is 16.8 Å². The average molecular weight is 325 g/mol. The molecule has 0 spiro atoms. The van der Waals surface area contributed by atoms with Crippen LogP contribution in [0.3, 0.4) is 0 Å². The van der Waals surface area contributed by atoms with Crippen LogP contribution >= 0.6 is 0 Å². The molecule has 1 aliphatic heterocycles. The monoisotopic (exact) mass is 325 g/mol. The van der Waals surface area contributed by atoms with Gasteiger partial charge in [-0.3, -0.25) is 9.69 Å². The first kappa shape index (κ1) is 16.7. The van der Waals surface area contributed by atoms with Crippen LogP contribution in [0.4, 0.5) is 0 Å². The van der Waals surface area contributed by atoms with Gasteiger partial charge in [-0.25, -0.2) is 0 Å². The fourth-order valence-corrected chi connectivity index (χ4v) is 2.80. The molecule has 4 nitrogen and oxygen atoms in total. The molecule has 0 atom stereocenters. The lowest BCUT2D eigenvalue weighted by Gasteiger charge is -2.26. The van der Waals surface area contributed by atoms with Crippen LogP contribution in [-0.2, 0) is 4.74 Å². The standard InChI is InChI=1S/C20H23NO3/c22-16-17-2-4-18(5-3-17)19-6-8-20(9-7-19)24-13-1-10-21-11-14-23-15-12-21/h2-9,16H,1,10-15H2. The van der Waals surface area contributed by atoms with Gasteiger partial charge in [0.1, 0.15) is 12.0 Å². The number of hydrogen-bond acceptors (Lipinski definition) is 4. The zero-order valence-electron chi connectivity index (χ0n) is 13.8. The molecule has 0 radical (unpaired) electrons. The third-order valence-corrected chi connectivity index (χ3v) is 4.23. The van der Waals surface area contributed by atoms with Gasteiger partial charge in [-0.2, -0.15) is 0 Å². The number of rotatable bonds is 7. The first-order valence-corrected chi connectivity index (χ1v) is 8.44. The van der Waals surface area contributed by atoms with Crippen molar-refractivity contribution in [3.8, 4) is 16.9 Å². The lowest BCUT2D eigenvalue weighted by molar-refractivity contribution is 0.0358. The molecule has 0 bridgehead atoms. The van der Waals surface area contributed by atoms with Gasteiger partial charge in [-0.15, -0.1) is 0 Å². The van der Waals surface area contributed by atoms with Gasteiger partial charge in [0.25, 0.3) is 0 Å². The molecule has 3 rings (SSSR count). The SMILES string of the molecule is O=Cc1ccc(-c2ccc(OCCCN3CCOCC3)cc2)cc1. The lowest BCUT2D eigenvalue weighted by atomic mass is 10.0. The van der Waals surface area contributed by atoms with Gasteiger partial charge in [0.05, 0.1) is 19.8 Å². The summed E-state index contributed by atoms with van der Waals surface area (Å²) in [5, 5.41) is 0. The Bertz CT molecular complexity index is 631. The molecule has 0 aliphatic carbocycles. The number of morpholine rings is 1. The summed E-state index contributed by atoms with van der Waals surface area (Å²) in [6.45, 7) is 5.52. The summed E-state index contributed by atoms with van der Waals surface area (Å²) in [6, 6.07) is 15.7. The van der Waals surface area contributed by atoms with Crippen LogP contribution in [0.5, 0.6) is 5.75 Å². The van der Waals surface area contributed by atoms with Crippen molar-refractivity contribution in [1.29, 1.82) is 0 Å². The number of aldehydes is 1. The summed E-state index contributed by atoms with van der Waals surface area (Å²) in [5.41, 5.74) is 2.91. The van der Waals surface area contributed by atoms with E-state index >= 15 is 0 Å². The highest BCUT2D eigenvalue weighted by atomic mass is 16.5. The van der Waals surface area contributed by atoms with Crippen molar-refractivity contribution in [1.82, 2.24) is 4.90 Å². The van der Waals surface area contributed by atoms with E-state index in [1.54, 1.807) is 0 Å². The number of benzene rings is 2. The van der Waals surface area contributed by atoms with E-state index in [0.29, 0.717) is 5.56 Å². The van der Waals surface area contributed by atoms with Gasteiger partial charge in [-0.05, 0) is 29.7 Å². The van der Waals surface area contributed by atoms with E-state index in [9.17, 15) is 4.79 Å². The van der Waals surface area contributed by atoms with Crippen LogP contribution in [0.15, 0.2) is 48.5 Å². The van der Waals surface area contributed by atoms with Gasteiger partial charge >= 0.3 is 0 Å². The molecule has 2 aromatic carbocycles. The molecule has 1 aliphatic rings. The van der Waals surface area contributed by atoms with Crippen LogP contribution < -0.4 is 4.74 Å². The second-order valence-electron chi connectivity index (χ2n) is 5.92. The van der Waals surface area contributed by atoms with Crippen molar-refractivity contribution in [2.75, 3.05) is 39.5 Å². The van der Waals surface area contributed by atoms with Crippen LogP contribution in [0, 0.1) is 0 Å². The Balaban J connectivity index is 1.46. The van der Waals surface area contributed by atoms with Crippen molar-refractivity contribution in [3.63, 3.8) is 0 Å². The Labute approximate surface area is 143 Å². The zero-order valence-corrected chi connectivity index (χ0v) is 13.8. The Kier molecular flexibility index (Phi) is 5.99. The highest BCUT2D eigenvalue weighted by Crippen LogP contribution is 2.22. The van der Waals surface area contributed by atoms with Gasteiger partial charge in [0.2, 0.25) is 0 Å². The summed E-state index contributed by atoms with van der Waals surface area (Å²) in [5.74, 6) is 0.894. The molecule has 2 aromatic rings. The highest BCUT2D eigenvalue weighted by Gasteiger charge is 2.09. The second-order valence-corrected chi connectivity index (χ2v) is 5.92. The predicted molar refractivity (Wildman–Crippen MR) is 94.6 cm³/mol. The maximum Gasteiger partial charge on any atom is 0.150 e. The summed E-state index contributed by atoms with van der Waals surface area (Å²) in [7, 11) is 0. The van der Waals surface area contributed by atoms with E-state index in [0.717, 1.165) is 69.0 Å². The van der Waals surface area contributed by atoms with Crippen LogP contribution in [0.25, 0.3) is 11.1 Å². The Morgan fingerprint density at radius 3 is 2.21 bits per heavy atom. The maximum absolute atomic E-state index is 10.7. The second kappa shape index (κ2) is 8.62. The molecule has 0 amide bonds. The minimum absolute atomic E-state index is 0.693. The van der Waals surface area contributed by atoms with Crippen molar-refractivity contribution in [2.45, 2.75) is 6.42 Å². The average Bonchev–Trinajstić information content (AvgIpc) is 2.67. The van der Waals surface area contributed by atoms with Crippen molar-refractivity contribution >= 4 is 6.29 Å². The topological polar surface area (TPSA) is 38.8 Å². The highest BCUT2D eigenvalue weighted by molar-refractivity contribution is 5.76. The Hall–Kier alpha value is -2.17. The third kappa shape index (κ3) is 4.66. The first-order valence-electron chi connectivity index (χ1n) is 8.44. The molecule has 1 saturated heterocycles. The van der Waals surface area contributed by atoms with Gasteiger partial charge in [-0.1, -0.05) is 36.4 Å². The van der Waals surface area contributed by atoms with Crippen molar-refractivity contribution in [2.24, 2.45) is 0 Å². The van der Waals surface area contributed by atoms with E-state index < -0.39 is 0 Å². The van der Waals surface area contributed by atoms with Gasteiger partial charge < -0.3 is 9.47 Å². The largest absolute Gasteiger partial charge is 0.494 e. The molecular weight excluding hydrogens is 302 g/mol. The minimum atomic E-state index is 0.693. The molecule has 0 aromatic heterocycles. The molecule has 4 heteroatoms. The first-order chi connectivity index (χ1) is 11.8. The Morgan fingerprint density at radius 1 is 0.958 bits per heavy atom. The molecular formula is C20H23NO3. The predicted octanol–water partition coefficient (Wildman–Crippen LogP) is 3.27. The van der Waals surface area contributed by atoms with Crippen LogP contribution in [0.2, 0.25) is 0 Å². The fraction of sp³-hybridized carbons (Fsp3) is 0.350. The summed E-state index contributed by atoms with van der Waals surface area (Å²) in [6.07, 6.45) is 1.88. The van der Waals surface area contributed by atoms with E-state index in [1.807, 2.05) is 48.5 Å². The summed E-state index contributed by atoms with van der Waals surface area (Å²) >= 11 is 0. The lowest BCUT2D eigenvalue weighted by Crippen LogP contribution is -2.37. The number of carbonyl (C=O) groups excluding carboxylic acids is 1. The summed E-state index contributed by atoms with van der Waals surface area (Å²) in [4.78, 5) is 13.1. The van der Waals surface area contributed by atoms with Crippen LogP contribution in [-0.4, -0.2) is 50.6 Å². The van der Waals surface area contributed by atoms with Crippen molar-refractivity contribution < 1.29 is 14.3 Å². The smallest absolute Gasteiger partial charge is 0.150 e. The summed E-state index contributed by atoms with van der Waals surface area (Å²) < 4.78 is 11.2. The van der Waals surface area contributed by atoms with E-state index in [-0.39, 0.29) is 0 Å². The molecule has 0 N–H and O–H groups in total. The number of ether oxygens (including phenoxy) is 2. The zero-order chi connectivity index (χ0) is 16.6.